The Morgan fingerprint density at radius 2 is 2.12 bits per heavy atom. The molecule has 0 unspecified atom stereocenters. The Morgan fingerprint density at radius 1 is 1.41 bits per heavy atom. The normalized spacial score (nSPS) is 20.1. The van der Waals surface area contributed by atoms with Crippen LogP contribution in [0.5, 0.6) is 0 Å². The van der Waals surface area contributed by atoms with Crippen molar-refractivity contribution < 1.29 is 0 Å². The molecule has 0 saturated carbocycles. The summed E-state index contributed by atoms with van der Waals surface area (Å²) in [7, 11) is 1.94. The predicted octanol–water partition coefficient (Wildman–Crippen LogP) is 3.74. The van der Waals surface area contributed by atoms with Gasteiger partial charge in [0.15, 0.2) is 0 Å². The van der Waals surface area contributed by atoms with Crippen molar-refractivity contribution in [3.05, 3.63) is 60.0 Å². The number of aliphatic imine (C=N–C) groups is 1. The summed E-state index contributed by atoms with van der Waals surface area (Å²) < 4.78 is 0. The summed E-state index contributed by atoms with van der Waals surface area (Å²) in [5.41, 5.74) is 2.14. The van der Waals surface area contributed by atoms with Crippen molar-refractivity contribution in [3.63, 3.8) is 0 Å². The average Bonchev–Trinajstić information content (AvgIpc) is 2.38. The van der Waals surface area contributed by atoms with Crippen molar-refractivity contribution in [2.45, 2.75) is 6.92 Å². The highest BCUT2D eigenvalue weighted by atomic mass is 32.2. The summed E-state index contributed by atoms with van der Waals surface area (Å²) in [5, 5.41) is 0.960. The standard InChI is InChI=1S/C14H18N2S/c1-5-12-9-7-8-10-13(12)15-14(17-4)11-16(3)6-2/h5-11H,2H2,1,3-4H3/b12-5-,14-11-,15-13-. The summed E-state index contributed by atoms with van der Waals surface area (Å²) in [5.74, 6) is 0. The molecule has 0 aliphatic heterocycles. The van der Waals surface area contributed by atoms with Gasteiger partial charge >= 0.3 is 0 Å². The van der Waals surface area contributed by atoms with Crippen LogP contribution < -0.4 is 0 Å². The second-order valence-electron chi connectivity index (χ2n) is 3.48. The fraction of sp³-hybridized carbons (Fsp3) is 0.214. The van der Waals surface area contributed by atoms with Crippen LogP contribution in [0, 0.1) is 0 Å². The first kappa shape index (κ1) is 13.6. The van der Waals surface area contributed by atoms with Gasteiger partial charge in [-0.05, 0) is 31.0 Å². The van der Waals surface area contributed by atoms with E-state index in [0.29, 0.717) is 0 Å². The highest BCUT2D eigenvalue weighted by Crippen LogP contribution is 2.18. The molecule has 1 rings (SSSR count). The van der Waals surface area contributed by atoms with Crippen LogP contribution in [-0.2, 0) is 0 Å². The van der Waals surface area contributed by atoms with Crippen LogP contribution in [0.1, 0.15) is 6.92 Å². The van der Waals surface area contributed by atoms with Crippen molar-refractivity contribution in [1.29, 1.82) is 0 Å². The molecule has 2 nitrogen and oxygen atoms in total. The number of nitrogens with zero attached hydrogens (tertiary/aromatic N) is 2. The van der Waals surface area contributed by atoms with Gasteiger partial charge in [-0.2, -0.15) is 0 Å². The zero-order valence-electron chi connectivity index (χ0n) is 10.6. The fourth-order valence-electron chi connectivity index (χ4n) is 1.31. The second kappa shape index (κ2) is 6.97. The highest BCUT2D eigenvalue weighted by Gasteiger charge is 2.04. The third-order valence-corrected chi connectivity index (χ3v) is 2.90. The maximum absolute atomic E-state index is 4.64. The molecule has 0 saturated heterocycles. The third kappa shape index (κ3) is 4.11. The van der Waals surface area contributed by atoms with Gasteiger partial charge in [-0.1, -0.05) is 30.9 Å². The minimum absolute atomic E-state index is 0.960. The SMILES string of the molecule is C=CN(C)/C=C(/N=C1/C=CC=C/C1=C/C)SC. The van der Waals surface area contributed by atoms with Crippen LogP contribution in [0.3, 0.4) is 0 Å². The van der Waals surface area contributed by atoms with Crippen molar-refractivity contribution in [2.24, 2.45) is 4.99 Å². The molecule has 1 aliphatic rings. The van der Waals surface area contributed by atoms with Gasteiger partial charge in [0.25, 0.3) is 0 Å². The van der Waals surface area contributed by atoms with Crippen LogP contribution >= 0.6 is 11.8 Å². The maximum atomic E-state index is 4.64. The Kier molecular flexibility index (Phi) is 5.57. The first-order valence-corrected chi connectivity index (χ1v) is 6.64. The lowest BCUT2D eigenvalue weighted by atomic mass is 10.1. The Bertz CT molecular complexity index is 426. The Labute approximate surface area is 108 Å². The van der Waals surface area contributed by atoms with Gasteiger partial charge in [0.05, 0.1) is 5.71 Å². The minimum atomic E-state index is 0.960. The topological polar surface area (TPSA) is 15.6 Å². The van der Waals surface area contributed by atoms with E-state index in [2.05, 4.69) is 23.7 Å². The van der Waals surface area contributed by atoms with Gasteiger partial charge < -0.3 is 4.90 Å². The molecule has 0 N–H and O–H groups in total. The first-order chi connectivity index (χ1) is 8.21. The van der Waals surface area contributed by atoms with E-state index in [0.717, 1.165) is 16.3 Å². The van der Waals surface area contributed by atoms with E-state index in [1.165, 1.54) is 0 Å². The van der Waals surface area contributed by atoms with E-state index in [9.17, 15) is 0 Å². The monoisotopic (exact) mass is 246 g/mol. The number of rotatable bonds is 4. The second-order valence-corrected chi connectivity index (χ2v) is 4.31. The zero-order valence-corrected chi connectivity index (χ0v) is 11.4. The Morgan fingerprint density at radius 3 is 2.71 bits per heavy atom. The molecule has 1 aliphatic carbocycles. The molecule has 90 valence electrons. The Balaban J connectivity index is 2.99. The van der Waals surface area contributed by atoms with E-state index in [1.54, 1.807) is 18.0 Å². The summed E-state index contributed by atoms with van der Waals surface area (Å²) in [6, 6.07) is 0. The zero-order chi connectivity index (χ0) is 12.7. The van der Waals surface area contributed by atoms with Crippen molar-refractivity contribution in [1.82, 2.24) is 4.90 Å². The molecular formula is C14H18N2S. The van der Waals surface area contributed by atoms with Crippen LogP contribution in [0.4, 0.5) is 0 Å². The Hall–Kier alpha value is -1.48. The number of hydrogen-bond donors (Lipinski definition) is 0. The quantitative estimate of drug-likeness (QED) is 0.751. The summed E-state index contributed by atoms with van der Waals surface area (Å²) in [4.78, 5) is 6.54. The van der Waals surface area contributed by atoms with Crippen molar-refractivity contribution in [2.75, 3.05) is 13.3 Å². The number of hydrogen-bond acceptors (Lipinski definition) is 3. The summed E-state index contributed by atoms with van der Waals surface area (Å²) in [6.45, 7) is 5.73. The molecule has 0 radical (unpaired) electrons. The van der Waals surface area contributed by atoms with Crippen LogP contribution in [-0.4, -0.2) is 23.9 Å². The molecule has 0 fully saturated rings. The molecule has 0 aromatic heterocycles. The maximum Gasteiger partial charge on any atom is 0.113 e. The minimum Gasteiger partial charge on any atom is -0.355 e. The van der Waals surface area contributed by atoms with Crippen LogP contribution in [0.2, 0.25) is 0 Å². The van der Waals surface area contributed by atoms with E-state index in [1.807, 2.05) is 49.6 Å². The summed E-state index contributed by atoms with van der Waals surface area (Å²) in [6.07, 6.45) is 15.9. The molecular weight excluding hydrogens is 228 g/mol. The molecule has 0 heterocycles. The lowest BCUT2D eigenvalue weighted by molar-refractivity contribution is 0.625. The first-order valence-electron chi connectivity index (χ1n) is 5.41. The molecule has 17 heavy (non-hydrogen) atoms. The molecule has 0 aromatic carbocycles. The highest BCUT2D eigenvalue weighted by molar-refractivity contribution is 8.02. The largest absolute Gasteiger partial charge is 0.355 e. The summed E-state index contributed by atoms with van der Waals surface area (Å²) >= 11 is 1.62. The van der Waals surface area contributed by atoms with Gasteiger partial charge in [0.1, 0.15) is 5.03 Å². The molecule has 0 atom stereocenters. The van der Waals surface area contributed by atoms with E-state index < -0.39 is 0 Å². The van der Waals surface area contributed by atoms with Gasteiger partial charge in [-0.15, -0.1) is 11.8 Å². The number of allylic oxidation sites excluding steroid dienone is 6. The molecule has 0 bridgehead atoms. The van der Waals surface area contributed by atoms with Gasteiger partial charge in [-0.25, -0.2) is 4.99 Å². The van der Waals surface area contributed by atoms with Crippen LogP contribution in [0.25, 0.3) is 0 Å². The van der Waals surface area contributed by atoms with Gasteiger partial charge in [0, 0.05) is 13.2 Å². The smallest absolute Gasteiger partial charge is 0.113 e. The van der Waals surface area contributed by atoms with E-state index >= 15 is 0 Å². The lowest BCUT2D eigenvalue weighted by Crippen LogP contribution is -2.03. The van der Waals surface area contributed by atoms with E-state index in [4.69, 9.17) is 0 Å². The van der Waals surface area contributed by atoms with Gasteiger partial charge in [0.2, 0.25) is 0 Å². The fourth-order valence-corrected chi connectivity index (χ4v) is 1.77. The molecule has 0 aromatic rings. The third-order valence-electron chi connectivity index (χ3n) is 2.29. The number of thioether (sulfide) groups is 1. The molecule has 3 heteroatoms. The lowest BCUT2D eigenvalue weighted by Gasteiger charge is -2.10. The van der Waals surface area contributed by atoms with Gasteiger partial charge in [-0.3, -0.25) is 0 Å². The van der Waals surface area contributed by atoms with E-state index in [-0.39, 0.29) is 0 Å². The van der Waals surface area contributed by atoms with Crippen molar-refractivity contribution >= 4 is 17.5 Å². The van der Waals surface area contributed by atoms with Crippen LogP contribution in [0.15, 0.2) is 65.0 Å². The predicted molar refractivity (Wildman–Crippen MR) is 79.0 cm³/mol. The molecule has 0 spiro atoms. The molecule has 0 amide bonds. The van der Waals surface area contributed by atoms with Crippen molar-refractivity contribution in [3.8, 4) is 0 Å². The average molecular weight is 246 g/mol.